The van der Waals surface area contributed by atoms with Gasteiger partial charge in [-0.25, -0.2) is 0 Å². The van der Waals surface area contributed by atoms with E-state index in [-0.39, 0.29) is 16.7 Å². The molecule has 1 aromatic carbocycles. The van der Waals surface area contributed by atoms with Crippen LogP contribution in [0.15, 0.2) is 48.8 Å². The zero-order valence-corrected chi connectivity index (χ0v) is 20.8. The lowest BCUT2D eigenvalue weighted by atomic mass is 9.93. The van der Waals surface area contributed by atoms with Crippen LogP contribution in [0.5, 0.6) is 0 Å². The van der Waals surface area contributed by atoms with Crippen molar-refractivity contribution in [2.75, 3.05) is 0 Å². The molecular formula is C25H33NO2SSi. The molecule has 2 heterocycles. The van der Waals surface area contributed by atoms with Gasteiger partial charge in [0.05, 0.1) is 12.5 Å². The number of rotatable bonds is 8. The largest absolute Gasteiger partial charge is 0.412 e. The summed E-state index contributed by atoms with van der Waals surface area (Å²) in [5.41, 5.74) is 1.06. The molecule has 3 aromatic rings. The second-order valence-corrected chi connectivity index (χ2v) is 15.5. The van der Waals surface area contributed by atoms with E-state index in [1.165, 1.54) is 4.88 Å². The Morgan fingerprint density at radius 1 is 1.13 bits per heavy atom. The SMILES string of the molecule is CCC(C(=O)Cc1ccc2cnccc2c1)c1ccc(CO[Si](C)(C)C(C)(C)C)s1. The average molecular weight is 440 g/mol. The lowest BCUT2D eigenvalue weighted by Gasteiger charge is -2.36. The molecule has 0 saturated carbocycles. The first-order valence-corrected chi connectivity index (χ1v) is 14.4. The fourth-order valence-electron chi connectivity index (χ4n) is 3.28. The van der Waals surface area contributed by atoms with Crippen molar-refractivity contribution >= 4 is 36.2 Å². The minimum atomic E-state index is -1.77. The summed E-state index contributed by atoms with van der Waals surface area (Å²) in [4.78, 5) is 19.6. The van der Waals surface area contributed by atoms with Crippen LogP contribution in [0.4, 0.5) is 0 Å². The summed E-state index contributed by atoms with van der Waals surface area (Å²) in [5, 5.41) is 2.43. The van der Waals surface area contributed by atoms with Gasteiger partial charge in [0.1, 0.15) is 5.78 Å². The molecule has 0 aliphatic rings. The normalized spacial score (nSPS) is 13.5. The van der Waals surface area contributed by atoms with Gasteiger partial charge in [-0.3, -0.25) is 9.78 Å². The first-order chi connectivity index (χ1) is 14.1. The molecule has 0 amide bonds. The van der Waals surface area contributed by atoms with Crippen molar-refractivity contribution in [3.63, 3.8) is 0 Å². The Bertz CT molecular complexity index is 1020. The van der Waals surface area contributed by atoms with Crippen molar-refractivity contribution in [2.45, 2.75) is 71.2 Å². The van der Waals surface area contributed by atoms with Crippen LogP contribution < -0.4 is 0 Å². The topological polar surface area (TPSA) is 39.2 Å². The van der Waals surface area contributed by atoms with E-state index in [4.69, 9.17) is 4.43 Å². The van der Waals surface area contributed by atoms with Gasteiger partial charge in [0.15, 0.2) is 8.32 Å². The molecular weight excluding hydrogens is 406 g/mol. The number of hydrogen-bond donors (Lipinski definition) is 0. The minimum Gasteiger partial charge on any atom is -0.412 e. The van der Waals surface area contributed by atoms with Crippen LogP contribution in [0.25, 0.3) is 10.8 Å². The van der Waals surface area contributed by atoms with Crippen LogP contribution in [-0.4, -0.2) is 19.1 Å². The average Bonchev–Trinajstić information content (AvgIpc) is 3.15. The smallest absolute Gasteiger partial charge is 0.192 e. The Labute approximate surface area is 185 Å². The van der Waals surface area contributed by atoms with Gasteiger partial charge in [-0.1, -0.05) is 45.9 Å². The Morgan fingerprint density at radius 2 is 1.90 bits per heavy atom. The molecule has 3 nitrogen and oxygen atoms in total. The predicted molar refractivity (Wildman–Crippen MR) is 130 cm³/mol. The maximum atomic E-state index is 13.1. The van der Waals surface area contributed by atoms with Gasteiger partial charge in [0.25, 0.3) is 0 Å². The van der Waals surface area contributed by atoms with Crippen LogP contribution in [0.2, 0.25) is 18.1 Å². The first kappa shape index (κ1) is 22.9. The van der Waals surface area contributed by atoms with Gasteiger partial charge in [0, 0.05) is 34.0 Å². The molecule has 0 N–H and O–H groups in total. The van der Waals surface area contributed by atoms with Crippen molar-refractivity contribution in [3.8, 4) is 0 Å². The van der Waals surface area contributed by atoms with Crippen molar-refractivity contribution in [2.24, 2.45) is 0 Å². The fraction of sp³-hybridized carbons (Fsp3) is 0.440. The molecule has 3 rings (SSSR count). The van der Waals surface area contributed by atoms with E-state index in [2.05, 4.69) is 64.0 Å². The summed E-state index contributed by atoms with van der Waals surface area (Å²) < 4.78 is 6.36. The Kier molecular flexibility index (Phi) is 6.95. The zero-order chi connectivity index (χ0) is 21.9. The highest BCUT2D eigenvalue weighted by atomic mass is 32.1. The monoisotopic (exact) mass is 439 g/mol. The zero-order valence-electron chi connectivity index (χ0n) is 19.0. The van der Waals surface area contributed by atoms with Crippen LogP contribution in [0.1, 0.15) is 55.4 Å². The number of Topliss-reactive ketones (excluding diaryl/α,β-unsaturated/α-hetero) is 1. The Balaban J connectivity index is 1.68. The van der Waals surface area contributed by atoms with Gasteiger partial charge in [-0.2, -0.15) is 0 Å². The minimum absolute atomic E-state index is 0.0511. The summed E-state index contributed by atoms with van der Waals surface area (Å²) in [5.74, 6) is 0.231. The third-order valence-electron chi connectivity index (χ3n) is 6.29. The van der Waals surface area contributed by atoms with E-state index in [0.717, 1.165) is 27.6 Å². The summed E-state index contributed by atoms with van der Waals surface area (Å²) in [7, 11) is -1.77. The highest BCUT2D eigenvalue weighted by molar-refractivity contribution is 7.12. The number of benzene rings is 1. The number of hydrogen-bond acceptors (Lipinski definition) is 4. The molecule has 0 bridgehead atoms. The van der Waals surface area contributed by atoms with Crippen molar-refractivity contribution in [1.82, 2.24) is 4.98 Å². The second kappa shape index (κ2) is 9.12. The van der Waals surface area contributed by atoms with Crippen LogP contribution in [0.3, 0.4) is 0 Å². The lowest BCUT2D eigenvalue weighted by molar-refractivity contribution is -0.119. The summed E-state index contributed by atoms with van der Waals surface area (Å²) in [6, 6.07) is 12.4. The Morgan fingerprint density at radius 3 is 2.60 bits per heavy atom. The van der Waals surface area contributed by atoms with E-state index >= 15 is 0 Å². The molecule has 5 heteroatoms. The fourth-order valence-corrected chi connectivity index (χ4v) is 5.47. The Hall–Kier alpha value is -1.82. The summed E-state index contributed by atoms with van der Waals surface area (Å²) in [6.07, 6.45) is 4.93. The van der Waals surface area contributed by atoms with Gasteiger partial charge in [-0.05, 0) is 53.7 Å². The van der Waals surface area contributed by atoms with Gasteiger partial charge >= 0.3 is 0 Å². The molecule has 0 fully saturated rings. The van der Waals surface area contributed by atoms with E-state index < -0.39 is 8.32 Å². The number of fused-ring (bicyclic) bond motifs is 1. The maximum Gasteiger partial charge on any atom is 0.192 e. The van der Waals surface area contributed by atoms with Gasteiger partial charge in [0.2, 0.25) is 0 Å². The third-order valence-corrected chi connectivity index (χ3v) is 11.9. The molecule has 0 saturated heterocycles. The number of nitrogens with zero attached hydrogens (tertiary/aromatic N) is 1. The predicted octanol–water partition coefficient (Wildman–Crippen LogP) is 7.12. The highest BCUT2D eigenvalue weighted by Gasteiger charge is 2.37. The number of aromatic nitrogens is 1. The maximum absolute atomic E-state index is 13.1. The van der Waals surface area contributed by atoms with E-state index in [9.17, 15) is 4.79 Å². The molecule has 0 spiro atoms. The number of thiophene rings is 1. The summed E-state index contributed by atoms with van der Waals surface area (Å²) in [6.45, 7) is 14.1. The highest BCUT2D eigenvalue weighted by Crippen LogP contribution is 2.38. The molecule has 0 aliphatic carbocycles. The number of carbonyl (C=O) groups excluding carboxylic acids is 1. The number of carbonyl (C=O) groups is 1. The molecule has 0 radical (unpaired) electrons. The van der Waals surface area contributed by atoms with Gasteiger partial charge < -0.3 is 4.43 Å². The first-order valence-electron chi connectivity index (χ1n) is 10.7. The third kappa shape index (κ3) is 5.26. The van der Waals surface area contributed by atoms with E-state index in [1.807, 2.05) is 24.4 Å². The molecule has 2 aromatic heterocycles. The van der Waals surface area contributed by atoms with Crippen molar-refractivity contribution in [1.29, 1.82) is 0 Å². The van der Waals surface area contributed by atoms with Gasteiger partial charge in [-0.15, -0.1) is 11.3 Å². The summed E-state index contributed by atoms with van der Waals surface area (Å²) >= 11 is 1.73. The van der Waals surface area contributed by atoms with Crippen molar-refractivity contribution in [3.05, 3.63) is 64.1 Å². The standard InChI is InChI=1S/C25H33NO2SSi/c1-7-22(23(27)15-18-8-9-20-16-26-13-12-19(20)14-18)24-11-10-21(29-24)17-28-30(5,6)25(2,3)4/h8-14,16,22H,7,15,17H2,1-6H3. The second-order valence-electron chi connectivity index (χ2n) is 9.51. The molecule has 1 unspecified atom stereocenters. The number of ketones is 1. The van der Waals surface area contributed by atoms with Crippen molar-refractivity contribution < 1.29 is 9.22 Å². The molecule has 1 atom stereocenters. The quantitative estimate of drug-likeness (QED) is 0.351. The number of pyridine rings is 1. The molecule has 30 heavy (non-hydrogen) atoms. The lowest BCUT2D eigenvalue weighted by Crippen LogP contribution is -2.40. The van der Waals surface area contributed by atoms with Crippen LogP contribution in [0, 0.1) is 0 Å². The van der Waals surface area contributed by atoms with E-state index in [0.29, 0.717) is 13.0 Å². The molecule has 0 aliphatic heterocycles. The van der Waals surface area contributed by atoms with Crippen LogP contribution >= 0.6 is 11.3 Å². The van der Waals surface area contributed by atoms with Crippen LogP contribution in [-0.2, 0) is 22.2 Å². The van der Waals surface area contributed by atoms with E-state index in [1.54, 1.807) is 17.5 Å². The molecule has 160 valence electrons.